The Morgan fingerprint density at radius 1 is 1.24 bits per heavy atom. The lowest BCUT2D eigenvalue weighted by atomic mass is 9.90. The van der Waals surface area contributed by atoms with Crippen LogP contribution in [-0.2, 0) is 16.0 Å². The number of carboxylic acid groups (broad SMARTS) is 1. The lowest BCUT2D eigenvalue weighted by Crippen LogP contribution is -2.44. The second-order valence-corrected chi connectivity index (χ2v) is 12.3. The molecule has 1 heterocycles. The van der Waals surface area contributed by atoms with Crippen molar-refractivity contribution in [3.05, 3.63) is 60.2 Å². The summed E-state index contributed by atoms with van der Waals surface area (Å²) < 4.78 is 0. The summed E-state index contributed by atoms with van der Waals surface area (Å²) in [5, 5.41) is 16.0. The fraction of sp³-hybridized carbons (Fsp3) is 0.556. The molecule has 7 heteroatoms. The molecule has 4 unspecified atom stereocenters. The summed E-state index contributed by atoms with van der Waals surface area (Å²) >= 11 is 3.50. The number of benzene rings is 1. The highest BCUT2D eigenvalue weighted by Gasteiger charge is 2.29. The van der Waals surface area contributed by atoms with E-state index in [1.165, 1.54) is 0 Å². The van der Waals surface area contributed by atoms with Crippen LogP contribution in [0.15, 0.2) is 54.6 Å². The highest BCUT2D eigenvalue weighted by atomic mass is 32.2. The second-order valence-electron chi connectivity index (χ2n) is 9.64. The van der Waals surface area contributed by atoms with Crippen LogP contribution in [0.25, 0.3) is 0 Å². The van der Waals surface area contributed by atoms with Gasteiger partial charge in [-0.05, 0) is 56.1 Å². The number of aliphatic carboxylic acids is 1. The summed E-state index contributed by atoms with van der Waals surface area (Å²) in [6.45, 7) is 8.74. The molecule has 0 saturated carbocycles. The maximum atomic E-state index is 13.2. The smallest absolute Gasteiger partial charge is 0.326 e. The molecule has 188 valence electrons. The first-order valence-electron chi connectivity index (χ1n) is 12.0. The van der Waals surface area contributed by atoms with Gasteiger partial charge in [0.05, 0.1) is 10.8 Å². The highest BCUT2D eigenvalue weighted by molar-refractivity contribution is 8.00. The molecule has 3 N–H and O–H groups in total. The minimum Gasteiger partial charge on any atom is -0.480 e. The van der Waals surface area contributed by atoms with Crippen LogP contribution in [0.1, 0.15) is 39.7 Å². The van der Waals surface area contributed by atoms with Gasteiger partial charge in [-0.15, -0.1) is 11.8 Å². The molecule has 1 aliphatic rings. The van der Waals surface area contributed by atoms with Gasteiger partial charge in [-0.25, -0.2) is 4.79 Å². The Morgan fingerprint density at radius 3 is 2.50 bits per heavy atom. The van der Waals surface area contributed by atoms with E-state index < -0.39 is 17.9 Å². The van der Waals surface area contributed by atoms with Crippen LogP contribution in [0.4, 0.5) is 0 Å². The average molecular weight is 505 g/mol. The molecule has 1 aliphatic heterocycles. The summed E-state index contributed by atoms with van der Waals surface area (Å²) in [5.41, 5.74) is 1.05. The third kappa shape index (κ3) is 9.88. The first-order valence-corrected chi connectivity index (χ1v) is 14.3. The number of carbonyl (C=O) groups is 2. The molecule has 4 atom stereocenters. The van der Waals surface area contributed by atoms with Crippen molar-refractivity contribution >= 4 is 35.4 Å². The average Bonchev–Trinajstić information content (AvgIpc) is 3.14. The van der Waals surface area contributed by atoms with E-state index in [1.54, 1.807) is 11.8 Å². The lowest BCUT2D eigenvalue weighted by Gasteiger charge is -2.20. The number of hydrogen-bond acceptors (Lipinski definition) is 5. The molecular weight excluding hydrogens is 464 g/mol. The normalized spacial score (nSPS) is 20.6. The highest BCUT2D eigenvalue weighted by Crippen LogP contribution is 2.30. The van der Waals surface area contributed by atoms with Crippen LogP contribution in [0, 0.1) is 17.8 Å². The lowest BCUT2D eigenvalue weighted by molar-refractivity contribution is -0.142. The van der Waals surface area contributed by atoms with E-state index in [-0.39, 0.29) is 16.7 Å². The van der Waals surface area contributed by atoms with E-state index in [1.807, 2.05) is 54.4 Å². The van der Waals surface area contributed by atoms with Gasteiger partial charge in [0.25, 0.3) is 0 Å². The summed E-state index contributed by atoms with van der Waals surface area (Å²) in [6, 6.07) is 9.34. The van der Waals surface area contributed by atoms with Gasteiger partial charge in [0.2, 0.25) is 5.91 Å². The fourth-order valence-corrected chi connectivity index (χ4v) is 5.35. The first kappa shape index (κ1) is 28.5. The molecule has 0 spiro atoms. The minimum absolute atomic E-state index is 0.0913. The van der Waals surface area contributed by atoms with Crippen LogP contribution >= 0.6 is 23.5 Å². The van der Waals surface area contributed by atoms with Gasteiger partial charge in [0, 0.05) is 11.8 Å². The monoisotopic (exact) mass is 504 g/mol. The SMILES string of the molecule is CSCCC(NC(=O)C(/C=C\C(/C=C/C1CSC(C)(C)N1)C(C)C)Cc1ccccc1)C(=O)O. The zero-order valence-electron chi connectivity index (χ0n) is 21.0. The number of nitrogens with one attached hydrogen (secondary N) is 2. The number of hydrogen-bond donors (Lipinski definition) is 3. The van der Waals surface area contributed by atoms with E-state index in [0.29, 0.717) is 30.6 Å². The van der Waals surface area contributed by atoms with Gasteiger partial charge in [-0.1, -0.05) is 68.5 Å². The van der Waals surface area contributed by atoms with Crippen LogP contribution in [0.2, 0.25) is 0 Å². The molecule has 1 aromatic carbocycles. The predicted molar refractivity (Wildman–Crippen MR) is 146 cm³/mol. The van der Waals surface area contributed by atoms with Crippen LogP contribution < -0.4 is 10.6 Å². The van der Waals surface area contributed by atoms with Crippen molar-refractivity contribution in [2.24, 2.45) is 17.8 Å². The molecule has 2 rings (SSSR count). The zero-order valence-corrected chi connectivity index (χ0v) is 22.6. The topological polar surface area (TPSA) is 78.4 Å². The Balaban J connectivity index is 2.17. The molecule has 0 bridgehead atoms. The van der Waals surface area contributed by atoms with E-state index >= 15 is 0 Å². The van der Waals surface area contributed by atoms with Crippen LogP contribution in [0.5, 0.6) is 0 Å². The number of rotatable bonds is 13. The van der Waals surface area contributed by atoms with Crippen molar-refractivity contribution in [1.29, 1.82) is 0 Å². The van der Waals surface area contributed by atoms with Crippen molar-refractivity contribution < 1.29 is 14.7 Å². The van der Waals surface area contributed by atoms with Crippen molar-refractivity contribution in [2.75, 3.05) is 17.8 Å². The molecule has 0 aliphatic carbocycles. The standard InChI is InChI=1S/C27H40N2O3S2/c1-19(2)21(13-14-23-18-34-27(3,4)29-23)11-12-22(17-20-9-7-6-8-10-20)25(30)28-24(26(31)32)15-16-33-5/h6-14,19,21-24,29H,15-18H2,1-5H3,(H,28,30)(H,31,32)/b12-11-,14-13+. The van der Waals surface area contributed by atoms with E-state index in [2.05, 4.69) is 56.6 Å². The summed E-state index contributed by atoms with van der Waals surface area (Å²) in [6.07, 6.45) is 11.4. The quantitative estimate of drug-likeness (QED) is 0.328. The summed E-state index contributed by atoms with van der Waals surface area (Å²) in [4.78, 5) is 24.9. The molecule has 1 fully saturated rings. The van der Waals surface area contributed by atoms with E-state index in [4.69, 9.17) is 0 Å². The molecule has 5 nitrogen and oxygen atoms in total. The third-order valence-corrected chi connectivity index (χ3v) is 7.93. The predicted octanol–water partition coefficient (Wildman–Crippen LogP) is 4.99. The Morgan fingerprint density at radius 2 is 1.94 bits per heavy atom. The number of allylic oxidation sites excluding steroid dienone is 2. The van der Waals surface area contributed by atoms with Crippen LogP contribution in [0.3, 0.4) is 0 Å². The Bertz CT molecular complexity index is 840. The Labute approximate surface area is 213 Å². The van der Waals surface area contributed by atoms with Gasteiger partial charge in [0.15, 0.2) is 0 Å². The zero-order chi connectivity index (χ0) is 25.1. The Kier molecular flexibility index (Phi) is 11.8. The molecule has 1 amide bonds. The molecule has 34 heavy (non-hydrogen) atoms. The van der Waals surface area contributed by atoms with Crippen molar-refractivity contribution in [3.8, 4) is 0 Å². The molecule has 1 aromatic rings. The summed E-state index contributed by atoms with van der Waals surface area (Å²) in [5.74, 6) is 0.627. The van der Waals surface area contributed by atoms with Crippen molar-refractivity contribution in [1.82, 2.24) is 10.6 Å². The van der Waals surface area contributed by atoms with Gasteiger partial charge in [0.1, 0.15) is 6.04 Å². The number of carbonyl (C=O) groups excluding carboxylic acids is 1. The van der Waals surface area contributed by atoms with Gasteiger partial charge in [-0.3, -0.25) is 10.1 Å². The Hall–Kier alpha value is -1.70. The van der Waals surface area contributed by atoms with Crippen molar-refractivity contribution in [3.63, 3.8) is 0 Å². The third-order valence-electron chi connectivity index (χ3n) is 5.92. The largest absolute Gasteiger partial charge is 0.480 e. The van der Waals surface area contributed by atoms with Gasteiger partial charge in [-0.2, -0.15) is 11.8 Å². The van der Waals surface area contributed by atoms with E-state index in [9.17, 15) is 14.7 Å². The van der Waals surface area contributed by atoms with Crippen LogP contribution in [-0.4, -0.2) is 51.7 Å². The molecule has 1 saturated heterocycles. The maximum absolute atomic E-state index is 13.2. The van der Waals surface area contributed by atoms with E-state index in [0.717, 1.165) is 11.3 Å². The van der Waals surface area contributed by atoms with Gasteiger partial charge >= 0.3 is 5.97 Å². The fourth-order valence-electron chi connectivity index (χ4n) is 3.85. The second kappa shape index (κ2) is 14.0. The summed E-state index contributed by atoms with van der Waals surface area (Å²) in [7, 11) is 0. The number of amides is 1. The minimum atomic E-state index is -0.988. The number of thioether (sulfide) groups is 2. The van der Waals surface area contributed by atoms with Gasteiger partial charge < -0.3 is 10.4 Å². The number of carboxylic acids is 1. The van der Waals surface area contributed by atoms with Crippen molar-refractivity contribution in [2.45, 2.75) is 57.5 Å². The molecule has 0 aromatic heterocycles. The molecular formula is C27H40N2O3S2. The molecule has 0 radical (unpaired) electrons. The first-order chi connectivity index (χ1) is 16.1. The maximum Gasteiger partial charge on any atom is 0.326 e.